The van der Waals surface area contributed by atoms with Crippen molar-refractivity contribution in [3.05, 3.63) is 12.7 Å². The zero-order valence-electron chi connectivity index (χ0n) is 4.63. The van der Waals surface area contributed by atoms with Gasteiger partial charge in [-0.2, -0.15) is 0 Å². The van der Waals surface area contributed by atoms with E-state index < -0.39 is 0 Å². The van der Waals surface area contributed by atoms with Crippen LogP contribution in [0.5, 0.6) is 0 Å². The first-order chi connectivity index (χ1) is 3.81. The highest BCUT2D eigenvalue weighted by atomic mass is 35.5. The molecule has 0 aromatic heterocycles. The van der Waals surface area contributed by atoms with Crippen molar-refractivity contribution in [3.8, 4) is 0 Å². The van der Waals surface area contributed by atoms with Crippen molar-refractivity contribution < 1.29 is 0 Å². The molecule has 0 saturated carbocycles. The van der Waals surface area contributed by atoms with Gasteiger partial charge in [-0.05, 0) is 11.6 Å². The highest BCUT2D eigenvalue weighted by Crippen LogP contribution is 1.83. The van der Waals surface area contributed by atoms with Crippen molar-refractivity contribution in [2.75, 3.05) is 7.05 Å². The summed E-state index contributed by atoms with van der Waals surface area (Å²) in [5.41, 5.74) is 0. The molecule has 0 aromatic rings. The number of amidine groups is 1. The summed E-state index contributed by atoms with van der Waals surface area (Å²) in [6, 6.07) is 0. The minimum absolute atomic E-state index is 0.241. The molecule has 0 atom stereocenters. The second kappa shape index (κ2) is 4.53. The van der Waals surface area contributed by atoms with Gasteiger partial charge in [-0.1, -0.05) is 12.7 Å². The average molecular weight is 131 g/mol. The van der Waals surface area contributed by atoms with E-state index in [-0.39, 0.29) is 5.29 Å². The lowest BCUT2D eigenvalue weighted by molar-refractivity contribution is 1.44. The van der Waals surface area contributed by atoms with Crippen molar-refractivity contribution in [2.24, 2.45) is 9.98 Å². The van der Waals surface area contributed by atoms with E-state index in [1.807, 2.05) is 0 Å². The number of rotatable bonds is 1. The summed E-state index contributed by atoms with van der Waals surface area (Å²) in [6.45, 7) is 3.40. The first kappa shape index (κ1) is 7.37. The van der Waals surface area contributed by atoms with Crippen LogP contribution in [0.2, 0.25) is 0 Å². The predicted octanol–water partition coefficient (Wildman–Crippen LogP) is 1.47. The quantitative estimate of drug-likeness (QED) is 0.292. The van der Waals surface area contributed by atoms with Gasteiger partial charge in [-0.25, -0.2) is 4.99 Å². The molecule has 0 aromatic carbocycles. The maximum Gasteiger partial charge on any atom is 0.217 e. The second-order valence-corrected chi connectivity index (χ2v) is 1.34. The van der Waals surface area contributed by atoms with Crippen LogP contribution in [0.15, 0.2) is 22.6 Å². The fraction of sp³-hybridized carbons (Fsp3) is 0.200. The zero-order chi connectivity index (χ0) is 6.41. The maximum atomic E-state index is 5.35. The highest BCUT2D eigenvalue weighted by Gasteiger charge is 1.77. The van der Waals surface area contributed by atoms with Crippen molar-refractivity contribution in [3.63, 3.8) is 0 Å². The Balaban J connectivity index is 3.69. The third-order valence-corrected chi connectivity index (χ3v) is 0.738. The standard InChI is InChI=1S/C5H7ClN2/c1-3-4-8-5(6)7-2/h3-4H,1H2,2H3/b7-5?,8-4-. The van der Waals surface area contributed by atoms with E-state index in [0.29, 0.717) is 0 Å². The normalized spacial score (nSPS) is 12.5. The lowest BCUT2D eigenvalue weighted by atomic mass is 10.7. The summed E-state index contributed by atoms with van der Waals surface area (Å²) in [6.07, 6.45) is 3.02. The fourth-order valence-electron chi connectivity index (χ4n) is 0.172. The van der Waals surface area contributed by atoms with Gasteiger partial charge in [0.2, 0.25) is 5.29 Å². The van der Waals surface area contributed by atoms with Crippen LogP contribution in [0, 0.1) is 0 Å². The van der Waals surface area contributed by atoms with Crippen LogP contribution in [0.25, 0.3) is 0 Å². The first-order valence-corrected chi connectivity index (χ1v) is 2.46. The molecule has 0 aliphatic carbocycles. The van der Waals surface area contributed by atoms with E-state index in [4.69, 9.17) is 11.6 Å². The van der Waals surface area contributed by atoms with Crippen molar-refractivity contribution in [1.82, 2.24) is 0 Å². The Kier molecular flexibility index (Phi) is 4.17. The molecule has 0 rings (SSSR count). The van der Waals surface area contributed by atoms with Gasteiger partial charge in [0.25, 0.3) is 0 Å². The minimum atomic E-state index is 0.241. The molecule has 0 fully saturated rings. The van der Waals surface area contributed by atoms with E-state index in [0.717, 1.165) is 0 Å². The van der Waals surface area contributed by atoms with Gasteiger partial charge < -0.3 is 0 Å². The summed E-state index contributed by atoms with van der Waals surface area (Å²) >= 11 is 5.35. The third-order valence-electron chi connectivity index (χ3n) is 0.471. The molecule has 44 valence electrons. The van der Waals surface area contributed by atoms with Crippen LogP contribution >= 0.6 is 11.6 Å². The first-order valence-electron chi connectivity index (χ1n) is 2.08. The molecule has 0 N–H and O–H groups in total. The maximum absolute atomic E-state index is 5.35. The van der Waals surface area contributed by atoms with E-state index in [1.165, 1.54) is 12.3 Å². The molecular formula is C5H7ClN2. The van der Waals surface area contributed by atoms with Gasteiger partial charge in [0.1, 0.15) is 0 Å². The predicted molar refractivity (Wildman–Crippen MR) is 37.9 cm³/mol. The average Bonchev–Trinajstić information content (AvgIpc) is 1.83. The van der Waals surface area contributed by atoms with Crippen LogP contribution in [0.3, 0.4) is 0 Å². The van der Waals surface area contributed by atoms with Gasteiger partial charge in [-0.15, -0.1) is 0 Å². The second-order valence-electron chi connectivity index (χ2n) is 1.01. The molecule has 0 heterocycles. The molecule has 0 unspecified atom stereocenters. The molecule has 0 radical (unpaired) electrons. The number of halogens is 1. The lowest BCUT2D eigenvalue weighted by Crippen LogP contribution is -1.77. The SMILES string of the molecule is C=C/C=N\C(Cl)=NC. The summed E-state index contributed by atoms with van der Waals surface area (Å²) < 4.78 is 0. The zero-order valence-corrected chi connectivity index (χ0v) is 5.39. The molecule has 2 nitrogen and oxygen atoms in total. The van der Waals surface area contributed by atoms with Crippen LogP contribution in [-0.2, 0) is 0 Å². The Morgan fingerprint density at radius 2 is 2.38 bits per heavy atom. The van der Waals surface area contributed by atoms with Gasteiger partial charge >= 0.3 is 0 Å². The molecule has 8 heavy (non-hydrogen) atoms. The molecule has 0 bridgehead atoms. The Bertz CT molecular complexity index is 126. The molecule has 0 aliphatic rings. The van der Waals surface area contributed by atoms with Gasteiger partial charge in [0.15, 0.2) is 0 Å². The van der Waals surface area contributed by atoms with Crippen molar-refractivity contribution in [2.45, 2.75) is 0 Å². The summed E-state index contributed by atoms with van der Waals surface area (Å²) in [4.78, 5) is 7.20. The van der Waals surface area contributed by atoms with Gasteiger partial charge in [-0.3, -0.25) is 4.99 Å². The molecule has 0 spiro atoms. The Hall–Kier alpha value is -0.630. The van der Waals surface area contributed by atoms with E-state index in [2.05, 4.69) is 16.6 Å². The van der Waals surface area contributed by atoms with E-state index in [1.54, 1.807) is 7.05 Å². The van der Waals surface area contributed by atoms with Gasteiger partial charge in [0, 0.05) is 13.3 Å². The largest absolute Gasteiger partial charge is 0.260 e. The van der Waals surface area contributed by atoms with E-state index in [9.17, 15) is 0 Å². The Morgan fingerprint density at radius 1 is 1.75 bits per heavy atom. The number of allylic oxidation sites excluding steroid dienone is 1. The number of aliphatic imine (C=N–C) groups is 2. The van der Waals surface area contributed by atoms with Crippen LogP contribution in [-0.4, -0.2) is 18.6 Å². The molecule has 0 amide bonds. The molecule has 3 heteroatoms. The Labute approximate surface area is 53.6 Å². The summed E-state index contributed by atoms with van der Waals surface area (Å²) in [5.74, 6) is 0. The molecule has 0 aliphatic heterocycles. The monoisotopic (exact) mass is 130 g/mol. The minimum Gasteiger partial charge on any atom is -0.260 e. The fourth-order valence-corrected chi connectivity index (χ4v) is 0.228. The van der Waals surface area contributed by atoms with Crippen LogP contribution < -0.4 is 0 Å². The van der Waals surface area contributed by atoms with Gasteiger partial charge in [0.05, 0.1) is 0 Å². The number of nitrogens with zero attached hydrogens (tertiary/aromatic N) is 2. The summed E-state index contributed by atoms with van der Waals surface area (Å²) in [5, 5.41) is 0.241. The number of hydrogen-bond donors (Lipinski definition) is 0. The highest BCUT2D eigenvalue weighted by molar-refractivity contribution is 6.65. The van der Waals surface area contributed by atoms with E-state index >= 15 is 0 Å². The third kappa shape index (κ3) is 3.56. The topological polar surface area (TPSA) is 24.7 Å². The molecular weight excluding hydrogens is 124 g/mol. The molecule has 0 saturated heterocycles. The van der Waals surface area contributed by atoms with Crippen molar-refractivity contribution >= 4 is 23.1 Å². The summed E-state index contributed by atoms with van der Waals surface area (Å²) in [7, 11) is 1.57. The van der Waals surface area contributed by atoms with Crippen LogP contribution in [0.4, 0.5) is 0 Å². The van der Waals surface area contributed by atoms with Crippen molar-refractivity contribution in [1.29, 1.82) is 0 Å². The smallest absolute Gasteiger partial charge is 0.217 e. The Morgan fingerprint density at radius 3 is 2.75 bits per heavy atom. The van der Waals surface area contributed by atoms with Crippen LogP contribution in [0.1, 0.15) is 0 Å². The number of hydrogen-bond acceptors (Lipinski definition) is 1. The lowest BCUT2D eigenvalue weighted by Gasteiger charge is -1.78.